The van der Waals surface area contributed by atoms with Crippen LogP contribution in [0, 0.1) is 6.92 Å². The Kier molecular flexibility index (Phi) is 4.77. The monoisotopic (exact) mass is 269 g/mol. The number of nitrogens with one attached hydrogen (secondary N) is 1. The second-order valence-corrected chi connectivity index (χ2v) is 4.70. The van der Waals surface area contributed by atoms with Crippen LogP contribution in [0.25, 0.3) is 0 Å². The van der Waals surface area contributed by atoms with Crippen molar-refractivity contribution in [2.24, 2.45) is 0 Å². The van der Waals surface area contributed by atoms with E-state index in [-0.39, 0.29) is 12.5 Å². The predicted octanol–water partition coefficient (Wildman–Crippen LogP) is 3.57. The number of amides is 1. The van der Waals surface area contributed by atoms with Crippen LogP contribution in [0.2, 0.25) is 0 Å². The van der Waals surface area contributed by atoms with E-state index in [2.05, 4.69) is 12.2 Å². The molecule has 0 aliphatic rings. The molecule has 0 atom stereocenters. The molecule has 104 valence electrons. The van der Waals surface area contributed by atoms with Gasteiger partial charge in [-0.2, -0.15) is 0 Å². The molecule has 0 aromatic heterocycles. The SMILES string of the molecule is CCc1ccc(NC(=O)COc2ccc(C)cc2)cc1. The van der Waals surface area contributed by atoms with Crippen molar-refractivity contribution in [1.29, 1.82) is 0 Å². The summed E-state index contributed by atoms with van der Waals surface area (Å²) in [6, 6.07) is 15.5. The summed E-state index contributed by atoms with van der Waals surface area (Å²) in [6.07, 6.45) is 0.991. The van der Waals surface area contributed by atoms with E-state index in [1.807, 2.05) is 55.5 Å². The third-order valence-electron chi connectivity index (χ3n) is 3.04. The maximum atomic E-state index is 11.8. The smallest absolute Gasteiger partial charge is 0.262 e. The highest BCUT2D eigenvalue weighted by Gasteiger charge is 2.03. The Morgan fingerprint density at radius 3 is 2.30 bits per heavy atom. The Morgan fingerprint density at radius 1 is 1.05 bits per heavy atom. The van der Waals surface area contributed by atoms with E-state index in [0.717, 1.165) is 17.7 Å². The lowest BCUT2D eigenvalue weighted by Crippen LogP contribution is -2.20. The molecule has 0 unspecified atom stereocenters. The quantitative estimate of drug-likeness (QED) is 0.901. The summed E-state index contributed by atoms with van der Waals surface area (Å²) in [5.41, 5.74) is 3.21. The van der Waals surface area contributed by atoms with Crippen molar-refractivity contribution in [2.75, 3.05) is 11.9 Å². The van der Waals surface area contributed by atoms with Crippen LogP contribution < -0.4 is 10.1 Å². The fourth-order valence-corrected chi connectivity index (χ4v) is 1.80. The zero-order valence-corrected chi connectivity index (χ0v) is 11.8. The molecule has 0 spiro atoms. The van der Waals surface area contributed by atoms with Crippen molar-refractivity contribution >= 4 is 11.6 Å². The number of hydrogen-bond acceptors (Lipinski definition) is 2. The number of carbonyl (C=O) groups excluding carboxylic acids is 1. The van der Waals surface area contributed by atoms with Crippen LogP contribution in [0.1, 0.15) is 18.1 Å². The number of aryl methyl sites for hydroxylation is 2. The maximum absolute atomic E-state index is 11.8. The van der Waals surface area contributed by atoms with Gasteiger partial charge in [0.05, 0.1) is 0 Å². The molecule has 2 aromatic carbocycles. The number of hydrogen-bond donors (Lipinski definition) is 1. The summed E-state index contributed by atoms with van der Waals surface area (Å²) in [5, 5.41) is 2.81. The molecule has 20 heavy (non-hydrogen) atoms. The van der Waals surface area contributed by atoms with E-state index >= 15 is 0 Å². The van der Waals surface area contributed by atoms with Crippen molar-refractivity contribution < 1.29 is 9.53 Å². The first-order valence-corrected chi connectivity index (χ1v) is 6.75. The second kappa shape index (κ2) is 6.75. The summed E-state index contributed by atoms with van der Waals surface area (Å²) >= 11 is 0. The molecular weight excluding hydrogens is 250 g/mol. The second-order valence-electron chi connectivity index (χ2n) is 4.70. The zero-order chi connectivity index (χ0) is 14.4. The predicted molar refractivity (Wildman–Crippen MR) is 81.1 cm³/mol. The molecule has 0 aliphatic heterocycles. The highest BCUT2D eigenvalue weighted by Crippen LogP contribution is 2.12. The fraction of sp³-hybridized carbons (Fsp3) is 0.235. The average Bonchev–Trinajstić information content (AvgIpc) is 2.47. The number of carbonyl (C=O) groups is 1. The third-order valence-corrected chi connectivity index (χ3v) is 3.04. The molecule has 0 fully saturated rings. The largest absolute Gasteiger partial charge is 0.484 e. The minimum absolute atomic E-state index is 0.0125. The number of rotatable bonds is 5. The van der Waals surface area contributed by atoms with Gasteiger partial charge in [-0.1, -0.05) is 36.8 Å². The topological polar surface area (TPSA) is 38.3 Å². The van der Waals surface area contributed by atoms with Crippen molar-refractivity contribution in [3.63, 3.8) is 0 Å². The number of anilines is 1. The van der Waals surface area contributed by atoms with E-state index in [1.54, 1.807) is 0 Å². The average molecular weight is 269 g/mol. The summed E-state index contributed by atoms with van der Waals surface area (Å²) in [4.78, 5) is 11.8. The van der Waals surface area contributed by atoms with Crippen LogP contribution in [0.5, 0.6) is 5.75 Å². The first-order valence-electron chi connectivity index (χ1n) is 6.75. The lowest BCUT2D eigenvalue weighted by Gasteiger charge is -2.08. The van der Waals surface area contributed by atoms with Gasteiger partial charge in [0.2, 0.25) is 0 Å². The lowest BCUT2D eigenvalue weighted by molar-refractivity contribution is -0.118. The minimum Gasteiger partial charge on any atom is -0.484 e. The van der Waals surface area contributed by atoms with E-state index < -0.39 is 0 Å². The van der Waals surface area contributed by atoms with Gasteiger partial charge in [0.25, 0.3) is 5.91 Å². The molecule has 0 radical (unpaired) electrons. The van der Waals surface area contributed by atoms with Crippen molar-refractivity contribution in [2.45, 2.75) is 20.3 Å². The maximum Gasteiger partial charge on any atom is 0.262 e. The minimum atomic E-state index is -0.158. The summed E-state index contributed by atoms with van der Waals surface area (Å²) < 4.78 is 5.43. The van der Waals surface area contributed by atoms with Gasteiger partial charge in [0, 0.05) is 5.69 Å². The van der Waals surface area contributed by atoms with Crippen LogP contribution in [0.3, 0.4) is 0 Å². The molecule has 2 rings (SSSR count). The Labute approximate surface area is 119 Å². The molecule has 1 amide bonds. The first-order chi connectivity index (χ1) is 9.67. The highest BCUT2D eigenvalue weighted by molar-refractivity contribution is 5.91. The van der Waals surface area contributed by atoms with E-state index in [9.17, 15) is 4.79 Å². The molecule has 2 aromatic rings. The molecule has 0 bridgehead atoms. The lowest BCUT2D eigenvalue weighted by atomic mass is 10.1. The van der Waals surface area contributed by atoms with Crippen LogP contribution >= 0.6 is 0 Å². The van der Waals surface area contributed by atoms with Gasteiger partial charge >= 0.3 is 0 Å². The first kappa shape index (κ1) is 14.1. The van der Waals surface area contributed by atoms with Gasteiger partial charge in [-0.05, 0) is 43.2 Å². The fourth-order valence-electron chi connectivity index (χ4n) is 1.80. The summed E-state index contributed by atoms with van der Waals surface area (Å²) in [7, 11) is 0. The van der Waals surface area contributed by atoms with Gasteiger partial charge in [0.1, 0.15) is 5.75 Å². The van der Waals surface area contributed by atoms with Crippen molar-refractivity contribution in [3.05, 3.63) is 59.7 Å². The Morgan fingerprint density at radius 2 is 1.70 bits per heavy atom. The van der Waals surface area contributed by atoms with Crippen LogP contribution in [-0.2, 0) is 11.2 Å². The van der Waals surface area contributed by atoms with Crippen LogP contribution in [0.15, 0.2) is 48.5 Å². The van der Waals surface area contributed by atoms with Crippen molar-refractivity contribution in [3.8, 4) is 5.75 Å². The zero-order valence-electron chi connectivity index (χ0n) is 11.8. The Hall–Kier alpha value is -2.29. The van der Waals surface area contributed by atoms with E-state index in [1.165, 1.54) is 5.56 Å². The van der Waals surface area contributed by atoms with Crippen LogP contribution in [-0.4, -0.2) is 12.5 Å². The molecule has 0 saturated carbocycles. The third kappa shape index (κ3) is 4.12. The molecule has 0 heterocycles. The number of ether oxygens (including phenoxy) is 1. The number of benzene rings is 2. The molecule has 3 heteroatoms. The van der Waals surface area contributed by atoms with E-state index in [4.69, 9.17) is 4.74 Å². The molecular formula is C17H19NO2. The summed E-state index contributed by atoms with van der Waals surface area (Å²) in [5.74, 6) is 0.543. The van der Waals surface area contributed by atoms with Gasteiger partial charge in [-0.15, -0.1) is 0 Å². The molecule has 3 nitrogen and oxygen atoms in total. The van der Waals surface area contributed by atoms with Crippen LogP contribution in [0.4, 0.5) is 5.69 Å². The van der Waals surface area contributed by atoms with E-state index in [0.29, 0.717) is 5.75 Å². The molecule has 1 N–H and O–H groups in total. The van der Waals surface area contributed by atoms with Crippen molar-refractivity contribution in [1.82, 2.24) is 0 Å². The van der Waals surface area contributed by atoms with Gasteiger partial charge in [-0.25, -0.2) is 0 Å². The standard InChI is InChI=1S/C17H19NO2/c1-3-14-6-8-15(9-7-14)18-17(19)12-20-16-10-4-13(2)5-11-16/h4-11H,3,12H2,1-2H3,(H,18,19). The molecule has 0 saturated heterocycles. The van der Waals surface area contributed by atoms with Gasteiger partial charge in [-0.3, -0.25) is 4.79 Å². The normalized spacial score (nSPS) is 10.1. The molecule has 0 aliphatic carbocycles. The highest BCUT2D eigenvalue weighted by atomic mass is 16.5. The Bertz CT molecular complexity index is 559. The summed E-state index contributed by atoms with van der Waals surface area (Å²) in [6.45, 7) is 4.12. The Balaban J connectivity index is 1.84. The van der Waals surface area contributed by atoms with Gasteiger partial charge < -0.3 is 10.1 Å². The van der Waals surface area contributed by atoms with Gasteiger partial charge in [0.15, 0.2) is 6.61 Å².